The molecule has 0 unspecified atom stereocenters. The molecule has 1 saturated heterocycles. The van der Waals surface area contributed by atoms with Gasteiger partial charge in [0.05, 0.1) is 12.8 Å². The Hall–Kier alpha value is -1.95. The van der Waals surface area contributed by atoms with Gasteiger partial charge in [0.15, 0.2) is 0 Å². The van der Waals surface area contributed by atoms with Crippen LogP contribution in [0.5, 0.6) is 5.75 Å². The van der Waals surface area contributed by atoms with Gasteiger partial charge in [-0.25, -0.2) is 4.79 Å². The molecule has 2 fully saturated rings. The second kappa shape index (κ2) is 10.4. The van der Waals surface area contributed by atoms with Crippen LogP contribution in [-0.4, -0.2) is 63.4 Å². The Morgan fingerprint density at radius 1 is 1.11 bits per heavy atom. The smallest absolute Gasteiger partial charge is 0.315 e. The number of para-hydroxylation sites is 2. The molecule has 0 aromatic heterocycles. The van der Waals surface area contributed by atoms with Crippen LogP contribution in [0.4, 0.5) is 10.5 Å². The molecule has 6 nitrogen and oxygen atoms in total. The second-order valence-corrected chi connectivity index (χ2v) is 7.59. The normalized spacial score (nSPS) is 18.9. The Balaban J connectivity index is 1.30. The van der Waals surface area contributed by atoms with Crippen molar-refractivity contribution in [2.75, 3.05) is 51.3 Å². The quantitative estimate of drug-likeness (QED) is 0.721. The fourth-order valence-electron chi connectivity index (χ4n) is 4.09. The molecule has 1 saturated carbocycles. The summed E-state index contributed by atoms with van der Waals surface area (Å²) < 4.78 is 5.48. The second-order valence-electron chi connectivity index (χ2n) is 7.59. The van der Waals surface area contributed by atoms with Gasteiger partial charge in [0.2, 0.25) is 0 Å². The number of carbonyl (C=O) groups is 1. The highest BCUT2D eigenvalue weighted by Gasteiger charge is 2.19. The van der Waals surface area contributed by atoms with Gasteiger partial charge in [-0.1, -0.05) is 31.4 Å². The van der Waals surface area contributed by atoms with E-state index in [2.05, 4.69) is 32.6 Å². The highest BCUT2D eigenvalue weighted by Crippen LogP contribution is 2.28. The van der Waals surface area contributed by atoms with Crippen LogP contribution in [-0.2, 0) is 0 Å². The average molecular weight is 375 g/mol. The number of piperazine rings is 1. The molecule has 6 heteroatoms. The van der Waals surface area contributed by atoms with Crippen molar-refractivity contribution in [1.82, 2.24) is 15.5 Å². The van der Waals surface area contributed by atoms with Crippen molar-refractivity contribution in [3.63, 3.8) is 0 Å². The third-order valence-corrected chi connectivity index (χ3v) is 5.68. The molecule has 0 spiro atoms. The molecule has 1 aromatic rings. The number of nitrogens with zero attached hydrogens (tertiary/aromatic N) is 2. The third-order valence-electron chi connectivity index (χ3n) is 5.68. The molecule has 0 bridgehead atoms. The van der Waals surface area contributed by atoms with E-state index < -0.39 is 0 Å². The Morgan fingerprint density at radius 3 is 2.59 bits per heavy atom. The molecule has 2 amide bonds. The summed E-state index contributed by atoms with van der Waals surface area (Å²) in [5.74, 6) is 0.944. The van der Waals surface area contributed by atoms with Crippen molar-refractivity contribution in [2.45, 2.75) is 44.6 Å². The lowest BCUT2D eigenvalue weighted by atomic mass is 9.96. The minimum Gasteiger partial charge on any atom is -0.495 e. The van der Waals surface area contributed by atoms with Crippen molar-refractivity contribution < 1.29 is 9.53 Å². The number of benzene rings is 1. The van der Waals surface area contributed by atoms with Gasteiger partial charge in [0.25, 0.3) is 0 Å². The maximum atomic E-state index is 12.0. The zero-order valence-electron chi connectivity index (χ0n) is 16.6. The van der Waals surface area contributed by atoms with E-state index in [1.54, 1.807) is 7.11 Å². The zero-order chi connectivity index (χ0) is 18.9. The van der Waals surface area contributed by atoms with Crippen LogP contribution in [0.1, 0.15) is 38.5 Å². The summed E-state index contributed by atoms with van der Waals surface area (Å²) in [6, 6.07) is 8.60. The SMILES string of the molecule is COc1ccccc1N1CCN(CCCNC(=O)NC2CCCCC2)CC1. The van der Waals surface area contributed by atoms with Gasteiger partial charge in [-0.05, 0) is 37.9 Å². The molecule has 0 atom stereocenters. The summed E-state index contributed by atoms with van der Waals surface area (Å²) in [7, 11) is 1.73. The molecule has 2 aliphatic rings. The van der Waals surface area contributed by atoms with Crippen molar-refractivity contribution in [1.29, 1.82) is 0 Å². The van der Waals surface area contributed by atoms with Crippen LogP contribution in [0.3, 0.4) is 0 Å². The Morgan fingerprint density at radius 2 is 1.85 bits per heavy atom. The molecule has 2 N–H and O–H groups in total. The van der Waals surface area contributed by atoms with E-state index in [4.69, 9.17) is 4.74 Å². The number of hydrogen-bond donors (Lipinski definition) is 2. The first kappa shape index (κ1) is 19.8. The number of amides is 2. The topological polar surface area (TPSA) is 56.8 Å². The number of methoxy groups -OCH3 is 1. The van der Waals surface area contributed by atoms with Crippen LogP contribution in [0, 0.1) is 0 Å². The Kier molecular flexibility index (Phi) is 7.63. The maximum Gasteiger partial charge on any atom is 0.315 e. The lowest BCUT2D eigenvalue weighted by molar-refractivity contribution is 0.229. The van der Waals surface area contributed by atoms with E-state index >= 15 is 0 Å². The van der Waals surface area contributed by atoms with E-state index in [9.17, 15) is 4.79 Å². The van der Waals surface area contributed by atoms with Crippen LogP contribution >= 0.6 is 0 Å². The summed E-state index contributed by atoms with van der Waals surface area (Å²) in [5, 5.41) is 6.13. The molecule has 150 valence electrons. The summed E-state index contributed by atoms with van der Waals surface area (Å²) in [6.07, 6.45) is 7.04. The molecule has 1 aliphatic carbocycles. The monoisotopic (exact) mass is 374 g/mol. The number of anilines is 1. The van der Waals surface area contributed by atoms with E-state index in [1.807, 2.05) is 12.1 Å². The highest BCUT2D eigenvalue weighted by molar-refractivity contribution is 5.74. The summed E-state index contributed by atoms with van der Waals surface area (Å²) in [6.45, 7) is 5.89. The summed E-state index contributed by atoms with van der Waals surface area (Å²) in [4.78, 5) is 16.8. The number of urea groups is 1. The van der Waals surface area contributed by atoms with Crippen LogP contribution in [0.25, 0.3) is 0 Å². The van der Waals surface area contributed by atoms with Gasteiger partial charge >= 0.3 is 6.03 Å². The summed E-state index contributed by atoms with van der Waals surface area (Å²) in [5.41, 5.74) is 1.18. The lowest BCUT2D eigenvalue weighted by Crippen LogP contribution is -2.47. The molecule has 1 heterocycles. The fraction of sp³-hybridized carbons (Fsp3) is 0.667. The van der Waals surface area contributed by atoms with E-state index in [1.165, 1.54) is 24.9 Å². The van der Waals surface area contributed by atoms with Crippen molar-refractivity contribution in [3.8, 4) is 5.75 Å². The molecule has 1 aliphatic heterocycles. The number of rotatable bonds is 7. The molecule has 27 heavy (non-hydrogen) atoms. The minimum atomic E-state index is 0.00268. The third kappa shape index (κ3) is 6.03. The molecular weight excluding hydrogens is 340 g/mol. The molecule has 1 aromatic carbocycles. The first-order valence-electron chi connectivity index (χ1n) is 10.4. The predicted octanol–water partition coefficient (Wildman–Crippen LogP) is 2.84. The van der Waals surface area contributed by atoms with Gasteiger partial charge in [0, 0.05) is 38.8 Å². The lowest BCUT2D eigenvalue weighted by Gasteiger charge is -2.36. The minimum absolute atomic E-state index is 0.00268. The van der Waals surface area contributed by atoms with Gasteiger partial charge in [-0.2, -0.15) is 0 Å². The Labute approximate surface area is 163 Å². The summed E-state index contributed by atoms with van der Waals surface area (Å²) >= 11 is 0. The molecule has 0 radical (unpaired) electrons. The van der Waals surface area contributed by atoms with Gasteiger partial charge in [-0.3, -0.25) is 4.90 Å². The standard InChI is InChI=1S/C21H34N4O2/c1-27-20-11-6-5-10-19(20)25-16-14-24(15-17-25)13-7-12-22-21(26)23-18-8-3-2-4-9-18/h5-6,10-11,18H,2-4,7-9,12-17H2,1H3,(H2,22,23,26). The van der Waals surface area contributed by atoms with Crippen LogP contribution in [0.15, 0.2) is 24.3 Å². The first-order chi connectivity index (χ1) is 13.3. The number of ether oxygens (including phenoxy) is 1. The molecule has 3 rings (SSSR count). The number of hydrogen-bond acceptors (Lipinski definition) is 4. The first-order valence-corrected chi connectivity index (χ1v) is 10.4. The van der Waals surface area contributed by atoms with Crippen LogP contribution < -0.4 is 20.3 Å². The van der Waals surface area contributed by atoms with E-state index in [0.717, 1.165) is 64.3 Å². The van der Waals surface area contributed by atoms with Gasteiger partial charge < -0.3 is 20.3 Å². The van der Waals surface area contributed by atoms with Gasteiger partial charge in [-0.15, -0.1) is 0 Å². The van der Waals surface area contributed by atoms with Crippen molar-refractivity contribution in [3.05, 3.63) is 24.3 Å². The van der Waals surface area contributed by atoms with Crippen molar-refractivity contribution in [2.24, 2.45) is 0 Å². The number of carbonyl (C=O) groups excluding carboxylic acids is 1. The largest absolute Gasteiger partial charge is 0.495 e. The number of nitrogens with one attached hydrogen (secondary N) is 2. The van der Waals surface area contributed by atoms with Crippen molar-refractivity contribution >= 4 is 11.7 Å². The highest BCUT2D eigenvalue weighted by atomic mass is 16.5. The predicted molar refractivity (Wildman–Crippen MR) is 110 cm³/mol. The van der Waals surface area contributed by atoms with Gasteiger partial charge in [0.1, 0.15) is 5.75 Å². The van der Waals surface area contributed by atoms with E-state index in [-0.39, 0.29) is 6.03 Å². The molecular formula is C21H34N4O2. The zero-order valence-corrected chi connectivity index (χ0v) is 16.6. The fourth-order valence-corrected chi connectivity index (χ4v) is 4.09. The Bertz CT molecular complexity index is 581. The van der Waals surface area contributed by atoms with Crippen LogP contribution in [0.2, 0.25) is 0 Å². The van der Waals surface area contributed by atoms with E-state index in [0.29, 0.717) is 6.04 Å². The maximum absolute atomic E-state index is 12.0. The average Bonchev–Trinajstić information content (AvgIpc) is 2.72.